The Bertz CT molecular complexity index is 674. The molecule has 0 atom stereocenters. The van der Waals surface area contributed by atoms with E-state index in [1.165, 1.54) is 14.2 Å². The van der Waals surface area contributed by atoms with E-state index in [4.69, 9.17) is 21.7 Å². The van der Waals surface area contributed by atoms with E-state index in [0.717, 1.165) is 5.69 Å². The van der Waals surface area contributed by atoms with Gasteiger partial charge in [-0.3, -0.25) is 10.1 Å². The summed E-state index contributed by atoms with van der Waals surface area (Å²) in [5.74, 6) is 0.718. The van der Waals surface area contributed by atoms with Crippen molar-refractivity contribution in [1.29, 1.82) is 0 Å². The first-order valence-electron chi connectivity index (χ1n) is 6.53. The van der Waals surface area contributed by atoms with Gasteiger partial charge in [-0.05, 0) is 42.5 Å². The fourth-order valence-electron chi connectivity index (χ4n) is 1.84. The highest BCUT2D eigenvalue weighted by Gasteiger charge is 2.12. The second kappa shape index (κ2) is 7.42. The van der Waals surface area contributed by atoms with E-state index in [0.29, 0.717) is 17.1 Å². The standard InChI is InChI=1S/C16H16N2O3S/c1-20-13-9-8-11(10-14(13)21-2)15(19)18-16(22)17-12-6-4-3-5-7-12/h3-10H,1-2H3,(H2,17,18,19,22). The molecule has 0 bridgehead atoms. The van der Waals surface area contributed by atoms with Gasteiger partial charge in [0, 0.05) is 11.3 Å². The predicted octanol–water partition coefficient (Wildman–Crippen LogP) is 2.83. The molecule has 0 aliphatic rings. The minimum Gasteiger partial charge on any atom is -0.493 e. The van der Waals surface area contributed by atoms with Gasteiger partial charge in [0.15, 0.2) is 16.6 Å². The van der Waals surface area contributed by atoms with Crippen molar-refractivity contribution in [2.75, 3.05) is 19.5 Å². The summed E-state index contributed by atoms with van der Waals surface area (Å²) in [5.41, 5.74) is 1.23. The smallest absolute Gasteiger partial charge is 0.257 e. The summed E-state index contributed by atoms with van der Waals surface area (Å²) in [5, 5.41) is 5.78. The van der Waals surface area contributed by atoms with Gasteiger partial charge < -0.3 is 14.8 Å². The van der Waals surface area contributed by atoms with Crippen LogP contribution in [0.3, 0.4) is 0 Å². The Morgan fingerprint density at radius 2 is 1.68 bits per heavy atom. The van der Waals surface area contributed by atoms with Crippen molar-refractivity contribution in [3.8, 4) is 11.5 Å². The number of benzene rings is 2. The van der Waals surface area contributed by atoms with Gasteiger partial charge in [-0.2, -0.15) is 0 Å². The van der Waals surface area contributed by atoms with Crippen LogP contribution in [0.25, 0.3) is 0 Å². The molecule has 1 amide bonds. The third kappa shape index (κ3) is 3.95. The van der Waals surface area contributed by atoms with Crippen molar-refractivity contribution >= 4 is 28.9 Å². The molecule has 114 valence electrons. The number of nitrogens with one attached hydrogen (secondary N) is 2. The van der Waals surface area contributed by atoms with Crippen molar-refractivity contribution in [2.24, 2.45) is 0 Å². The minimum absolute atomic E-state index is 0.228. The molecule has 0 heterocycles. The van der Waals surface area contributed by atoms with Crippen LogP contribution in [-0.4, -0.2) is 25.2 Å². The lowest BCUT2D eigenvalue weighted by molar-refractivity contribution is 0.0977. The summed E-state index contributed by atoms with van der Waals surface area (Å²) in [6.45, 7) is 0. The lowest BCUT2D eigenvalue weighted by Gasteiger charge is -2.11. The van der Waals surface area contributed by atoms with E-state index >= 15 is 0 Å². The molecule has 0 aliphatic heterocycles. The average Bonchev–Trinajstić information content (AvgIpc) is 2.54. The molecule has 2 rings (SSSR count). The van der Waals surface area contributed by atoms with Crippen LogP contribution in [-0.2, 0) is 0 Å². The number of ether oxygens (including phenoxy) is 2. The second-order valence-electron chi connectivity index (χ2n) is 4.34. The van der Waals surface area contributed by atoms with Crippen molar-refractivity contribution in [1.82, 2.24) is 5.32 Å². The molecule has 22 heavy (non-hydrogen) atoms. The molecule has 0 aromatic heterocycles. The van der Waals surface area contributed by atoms with Crippen molar-refractivity contribution in [3.63, 3.8) is 0 Å². The highest BCUT2D eigenvalue weighted by molar-refractivity contribution is 7.80. The van der Waals surface area contributed by atoms with Crippen LogP contribution < -0.4 is 20.1 Å². The van der Waals surface area contributed by atoms with Crippen LogP contribution in [0, 0.1) is 0 Å². The topological polar surface area (TPSA) is 59.6 Å². The Labute approximate surface area is 134 Å². The molecular weight excluding hydrogens is 300 g/mol. The number of hydrogen-bond donors (Lipinski definition) is 2. The molecule has 0 fully saturated rings. The van der Waals surface area contributed by atoms with Gasteiger partial charge in [0.2, 0.25) is 0 Å². The number of anilines is 1. The first-order chi connectivity index (χ1) is 10.6. The number of methoxy groups -OCH3 is 2. The Kier molecular flexibility index (Phi) is 5.32. The van der Waals surface area contributed by atoms with Crippen LogP contribution >= 0.6 is 12.2 Å². The SMILES string of the molecule is COc1ccc(C(=O)NC(=S)Nc2ccccc2)cc1OC. The lowest BCUT2D eigenvalue weighted by Crippen LogP contribution is -2.34. The van der Waals surface area contributed by atoms with E-state index in [-0.39, 0.29) is 11.0 Å². The molecule has 5 nitrogen and oxygen atoms in total. The maximum atomic E-state index is 12.2. The monoisotopic (exact) mass is 316 g/mol. The molecule has 2 aromatic carbocycles. The molecule has 0 saturated carbocycles. The van der Waals surface area contributed by atoms with E-state index in [2.05, 4.69) is 10.6 Å². The molecule has 0 aliphatic carbocycles. The van der Waals surface area contributed by atoms with Crippen LogP contribution in [0.4, 0.5) is 5.69 Å². The van der Waals surface area contributed by atoms with Gasteiger partial charge in [-0.15, -0.1) is 0 Å². The van der Waals surface area contributed by atoms with Gasteiger partial charge in [0.05, 0.1) is 14.2 Å². The zero-order chi connectivity index (χ0) is 15.9. The number of amides is 1. The maximum Gasteiger partial charge on any atom is 0.257 e. The molecule has 0 saturated heterocycles. The molecule has 0 spiro atoms. The van der Waals surface area contributed by atoms with Gasteiger partial charge in [-0.1, -0.05) is 18.2 Å². The number of carbonyl (C=O) groups is 1. The summed E-state index contributed by atoms with van der Waals surface area (Å²) < 4.78 is 10.3. The number of thiocarbonyl (C=S) groups is 1. The van der Waals surface area contributed by atoms with Crippen molar-refractivity contribution in [2.45, 2.75) is 0 Å². The fourth-order valence-corrected chi connectivity index (χ4v) is 2.05. The van der Waals surface area contributed by atoms with Gasteiger partial charge in [0.1, 0.15) is 0 Å². The zero-order valence-electron chi connectivity index (χ0n) is 12.3. The summed E-state index contributed by atoms with van der Waals surface area (Å²) in [6, 6.07) is 14.3. The van der Waals surface area contributed by atoms with Crippen molar-refractivity contribution in [3.05, 3.63) is 54.1 Å². The summed E-state index contributed by atoms with van der Waals surface area (Å²) in [4.78, 5) is 12.2. The van der Waals surface area contributed by atoms with E-state index in [9.17, 15) is 4.79 Å². The van der Waals surface area contributed by atoms with Gasteiger partial charge >= 0.3 is 0 Å². The second-order valence-corrected chi connectivity index (χ2v) is 4.75. The molecule has 2 aromatic rings. The highest BCUT2D eigenvalue weighted by Crippen LogP contribution is 2.27. The van der Waals surface area contributed by atoms with Crippen LogP contribution in [0.1, 0.15) is 10.4 Å². The summed E-state index contributed by atoms with van der Waals surface area (Å²) in [7, 11) is 3.05. The van der Waals surface area contributed by atoms with Crippen molar-refractivity contribution < 1.29 is 14.3 Å². The third-order valence-electron chi connectivity index (χ3n) is 2.90. The third-order valence-corrected chi connectivity index (χ3v) is 3.11. The fraction of sp³-hybridized carbons (Fsp3) is 0.125. The quantitative estimate of drug-likeness (QED) is 0.850. The molecule has 0 radical (unpaired) electrons. The lowest BCUT2D eigenvalue weighted by atomic mass is 10.2. The van der Waals surface area contributed by atoms with Crippen LogP contribution in [0.2, 0.25) is 0 Å². The maximum absolute atomic E-state index is 12.2. The number of carbonyl (C=O) groups excluding carboxylic acids is 1. The van der Waals surface area contributed by atoms with E-state index < -0.39 is 0 Å². The van der Waals surface area contributed by atoms with Crippen LogP contribution in [0.5, 0.6) is 11.5 Å². The Hall–Kier alpha value is -2.60. The van der Waals surface area contributed by atoms with E-state index in [1.807, 2.05) is 30.3 Å². The number of para-hydroxylation sites is 1. The molecule has 2 N–H and O–H groups in total. The molecule has 6 heteroatoms. The summed E-state index contributed by atoms with van der Waals surface area (Å²) in [6.07, 6.45) is 0. The first kappa shape index (κ1) is 15.8. The first-order valence-corrected chi connectivity index (χ1v) is 6.94. The number of hydrogen-bond acceptors (Lipinski definition) is 4. The Morgan fingerprint density at radius 1 is 1.00 bits per heavy atom. The highest BCUT2D eigenvalue weighted by atomic mass is 32.1. The van der Waals surface area contributed by atoms with Crippen LogP contribution in [0.15, 0.2) is 48.5 Å². The summed E-state index contributed by atoms with van der Waals surface area (Å²) >= 11 is 5.12. The van der Waals surface area contributed by atoms with Gasteiger partial charge in [0.25, 0.3) is 5.91 Å². The molecule has 0 unspecified atom stereocenters. The average molecular weight is 316 g/mol. The Morgan fingerprint density at radius 3 is 2.32 bits per heavy atom. The zero-order valence-corrected chi connectivity index (χ0v) is 13.1. The number of rotatable bonds is 4. The normalized spacial score (nSPS) is 9.73. The minimum atomic E-state index is -0.325. The largest absolute Gasteiger partial charge is 0.493 e. The Balaban J connectivity index is 2.04. The van der Waals surface area contributed by atoms with E-state index in [1.54, 1.807) is 18.2 Å². The molecular formula is C16H16N2O3S. The van der Waals surface area contributed by atoms with Gasteiger partial charge in [-0.25, -0.2) is 0 Å². The predicted molar refractivity (Wildman–Crippen MR) is 89.7 cm³/mol.